The van der Waals surface area contributed by atoms with Crippen LogP contribution in [0.5, 0.6) is 0 Å². The molecule has 4 nitrogen and oxygen atoms in total. The van der Waals surface area contributed by atoms with Gasteiger partial charge in [-0.2, -0.15) is 0 Å². The topological polar surface area (TPSA) is 66.6 Å². The molecule has 0 unspecified atom stereocenters. The molecule has 0 aromatic rings. The van der Waals surface area contributed by atoms with Crippen LogP contribution in [0.1, 0.15) is 66.2 Å². The quantitative estimate of drug-likeness (QED) is 0.606. The molecule has 0 aromatic carbocycles. The van der Waals surface area contributed by atoms with Crippen LogP contribution in [0.3, 0.4) is 0 Å². The molecule has 0 aliphatic rings. The maximum Gasteiger partial charge on any atom is 0.240 e. The van der Waals surface area contributed by atoms with Crippen molar-refractivity contribution in [3.05, 3.63) is 0 Å². The number of rotatable bonds is 10. The first kappa shape index (κ1) is 19.4. The standard InChI is InChI=1S/C16H34N2O2/c1-5-6-7-8-9-11-18(12-10-13-19)15(20)14(17)16(2,3)4/h14,19H,5-13,17H2,1-4H3/t14-/m0/s1. The fourth-order valence-corrected chi connectivity index (χ4v) is 2.07. The summed E-state index contributed by atoms with van der Waals surface area (Å²) in [6.45, 7) is 9.63. The van der Waals surface area contributed by atoms with Crippen LogP contribution in [0.2, 0.25) is 0 Å². The van der Waals surface area contributed by atoms with E-state index in [1.807, 2.05) is 25.7 Å². The average Bonchev–Trinajstić information content (AvgIpc) is 2.39. The molecular formula is C16H34N2O2. The van der Waals surface area contributed by atoms with Gasteiger partial charge < -0.3 is 15.7 Å². The highest BCUT2D eigenvalue weighted by atomic mass is 16.3. The molecule has 120 valence electrons. The number of carbonyl (C=O) groups excluding carboxylic acids is 1. The lowest BCUT2D eigenvalue weighted by Crippen LogP contribution is -2.51. The Morgan fingerprint density at radius 2 is 1.65 bits per heavy atom. The van der Waals surface area contributed by atoms with Crippen molar-refractivity contribution >= 4 is 5.91 Å². The van der Waals surface area contributed by atoms with Gasteiger partial charge in [-0.3, -0.25) is 4.79 Å². The smallest absolute Gasteiger partial charge is 0.240 e. The highest BCUT2D eigenvalue weighted by Gasteiger charge is 2.30. The van der Waals surface area contributed by atoms with Crippen molar-refractivity contribution in [2.75, 3.05) is 19.7 Å². The van der Waals surface area contributed by atoms with Crippen molar-refractivity contribution in [3.8, 4) is 0 Å². The molecule has 0 aliphatic carbocycles. The SMILES string of the molecule is CCCCCCCN(CCCO)C(=O)[C@H](N)C(C)(C)C. The number of nitrogens with two attached hydrogens (primary N) is 1. The molecular weight excluding hydrogens is 252 g/mol. The van der Waals surface area contributed by atoms with E-state index in [0.717, 1.165) is 19.4 Å². The molecule has 0 spiro atoms. The van der Waals surface area contributed by atoms with Gasteiger partial charge in [0.25, 0.3) is 0 Å². The van der Waals surface area contributed by atoms with E-state index in [2.05, 4.69) is 6.92 Å². The number of nitrogens with zero attached hydrogens (tertiary/aromatic N) is 1. The van der Waals surface area contributed by atoms with E-state index in [4.69, 9.17) is 10.8 Å². The van der Waals surface area contributed by atoms with Crippen LogP contribution in [0.4, 0.5) is 0 Å². The molecule has 1 amide bonds. The number of hydrogen-bond acceptors (Lipinski definition) is 3. The third-order valence-corrected chi connectivity index (χ3v) is 3.63. The Bertz CT molecular complexity index is 262. The summed E-state index contributed by atoms with van der Waals surface area (Å²) in [4.78, 5) is 14.3. The van der Waals surface area contributed by atoms with Crippen molar-refractivity contribution in [2.45, 2.75) is 72.3 Å². The summed E-state index contributed by atoms with van der Waals surface area (Å²) in [6.07, 6.45) is 6.51. The zero-order valence-corrected chi connectivity index (χ0v) is 13.8. The van der Waals surface area contributed by atoms with Crippen LogP contribution in [0.15, 0.2) is 0 Å². The Labute approximate surface area is 124 Å². The molecule has 0 saturated carbocycles. The Morgan fingerprint density at radius 1 is 1.10 bits per heavy atom. The Hall–Kier alpha value is -0.610. The molecule has 0 aliphatic heterocycles. The first-order chi connectivity index (χ1) is 9.34. The summed E-state index contributed by atoms with van der Waals surface area (Å²) in [5.41, 5.74) is 5.84. The summed E-state index contributed by atoms with van der Waals surface area (Å²) < 4.78 is 0. The average molecular weight is 286 g/mol. The second-order valence-corrected chi connectivity index (χ2v) is 6.66. The lowest BCUT2D eigenvalue weighted by atomic mass is 9.86. The first-order valence-electron chi connectivity index (χ1n) is 7.99. The molecule has 1 atom stereocenters. The lowest BCUT2D eigenvalue weighted by molar-refractivity contribution is -0.135. The predicted molar refractivity (Wildman–Crippen MR) is 84.5 cm³/mol. The zero-order chi connectivity index (χ0) is 15.6. The third-order valence-electron chi connectivity index (χ3n) is 3.63. The van der Waals surface area contributed by atoms with Gasteiger partial charge in [-0.15, -0.1) is 0 Å². The van der Waals surface area contributed by atoms with Gasteiger partial charge in [0.2, 0.25) is 5.91 Å². The van der Waals surface area contributed by atoms with E-state index in [-0.39, 0.29) is 17.9 Å². The van der Waals surface area contributed by atoms with Gasteiger partial charge in [0.15, 0.2) is 0 Å². The van der Waals surface area contributed by atoms with E-state index in [0.29, 0.717) is 13.0 Å². The number of amides is 1. The van der Waals surface area contributed by atoms with Crippen LogP contribution >= 0.6 is 0 Å². The Morgan fingerprint density at radius 3 is 2.15 bits per heavy atom. The van der Waals surface area contributed by atoms with Gasteiger partial charge in [-0.25, -0.2) is 0 Å². The van der Waals surface area contributed by atoms with Gasteiger partial charge in [-0.1, -0.05) is 53.4 Å². The highest BCUT2D eigenvalue weighted by Crippen LogP contribution is 2.19. The largest absolute Gasteiger partial charge is 0.396 e. The molecule has 20 heavy (non-hydrogen) atoms. The molecule has 0 bridgehead atoms. The monoisotopic (exact) mass is 286 g/mol. The predicted octanol–water partition coefficient (Wildman–Crippen LogP) is 2.54. The zero-order valence-electron chi connectivity index (χ0n) is 13.8. The highest BCUT2D eigenvalue weighted by molar-refractivity contribution is 5.82. The maximum atomic E-state index is 12.4. The molecule has 0 radical (unpaired) electrons. The van der Waals surface area contributed by atoms with Crippen molar-refractivity contribution in [3.63, 3.8) is 0 Å². The minimum Gasteiger partial charge on any atom is -0.396 e. The van der Waals surface area contributed by atoms with Crippen molar-refractivity contribution in [2.24, 2.45) is 11.1 Å². The molecule has 0 rings (SSSR count). The minimum absolute atomic E-state index is 0.0152. The summed E-state index contributed by atoms with van der Waals surface area (Å²) in [7, 11) is 0. The molecule has 4 heteroatoms. The molecule has 3 N–H and O–H groups in total. The van der Waals surface area contributed by atoms with Crippen molar-refractivity contribution < 1.29 is 9.90 Å². The number of carbonyl (C=O) groups is 1. The fourth-order valence-electron chi connectivity index (χ4n) is 2.07. The summed E-state index contributed by atoms with van der Waals surface area (Å²) in [5, 5.41) is 8.97. The van der Waals surface area contributed by atoms with Gasteiger partial charge >= 0.3 is 0 Å². The Kier molecular flexibility index (Phi) is 9.86. The van der Waals surface area contributed by atoms with E-state index in [9.17, 15) is 4.79 Å². The summed E-state index contributed by atoms with van der Waals surface area (Å²) in [6, 6.07) is -0.475. The van der Waals surface area contributed by atoms with Crippen LogP contribution in [0.25, 0.3) is 0 Å². The number of hydrogen-bond donors (Lipinski definition) is 2. The van der Waals surface area contributed by atoms with Gasteiger partial charge in [0.1, 0.15) is 0 Å². The van der Waals surface area contributed by atoms with Crippen molar-refractivity contribution in [1.29, 1.82) is 0 Å². The number of aliphatic hydroxyl groups excluding tert-OH is 1. The van der Waals surface area contributed by atoms with Crippen LogP contribution in [-0.4, -0.2) is 41.7 Å². The van der Waals surface area contributed by atoms with Gasteiger partial charge in [0.05, 0.1) is 6.04 Å². The molecule has 0 fully saturated rings. The van der Waals surface area contributed by atoms with Crippen molar-refractivity contribution in [1.82, 2.24) is 4.90 Å². The summed E-state index contributed by atoms with van der Waals surface area (Å²) in [5.74, 6) is 0.0152. The molecule has 0 saturated heterocycles. The van der Waals surface area contributed by atoms with Crippen LogP contribution in [0, 0.1) is 5.41 Å². The summed E-state index contributed by atoms with van der Waals surface area (Å²) >= 11 is 0. The van der Waals surface area contributed by atoms with Gasteiger partial charge in [-0.05, 0) is 18.3 Å². The normalized spacial score (nSPS) is 13.3. The van der Waals surface area contributed by atoms with Gasteiger partial charge in [0, 0.05) is 19.7 Å². The second-order valence-electron chi connectivity index (χ2n) is 6.66. The van der Waals surface area contributed by atoms with Crippen LogP contribution in [-0.2, 0) is 4.79 Å². The van der Waals surface area contributed by atoms with Crippen LogP contribution < -0.4 is 5.73 Å². The maximum absolute atomic E-state index is 12.4. The van der Waals surface area contributed by atoms with E-state index < -0.39 is 6.04 Å². The minimum atomic E-state index is -0.475. The van der Waals surface area contributed by atoms with E-state index in [1.165, 1.54) is 19.3 Å². The Balaban J connectivity index is 4.35. The first-order valence-corrected chi connectivity index (χ1v) is 7.99. The lowest BCUT2D eigenvalue weighted by Gasteiger charge is -2.32. The molecule has 0 heterocycles. The number of aliphatic hydroxyl groups is 1. The fraction of sp³-hybridized carbons (Fsp3) is 0.938. The van der Waals surface area contributed by atoms with E-state index in [1.54, 1.807) is 0 Å². The molecule has 0 aromatic heterocycles. The third kappa shape index (κ3) is 7.85. The second kappa shape index (κ2) is 10.2. The number of unbranched alkanes of at least 4 members (excludes halogenated alkanes) is 4. The van der Waals surface area contributed by atoms with E-state index >= 15 is 0 Å².